The number of benzene rings is 2. The zero-order chi connectivity index (χ0) is 14.9. The van der Waals surface area contributed by atoms with E-state index in [1.54, 1.807) is 0 Å². The predicted molar refractivity (Wildman–Crippen MR) is 71.5 cm³/mol. The van der Waals surface area contributed by atoms with Crippen LogP contribution in [0.25, 0.3) is 0 Å². The summed E-state index contributed by atoms with van der Waals surface area (Å²) in [5.74, 6) is -2.62. The molecule has 106 valence electrons. The number of rotatable bonds is 2. The van der Waals surface area contributed by atoms with Gasteiger partial charge in [0.05, 0.1) is 0 Å². The van der Waals surface area contributed by atoms with Gasteiger partial charge in [-0.25, -0.2) is 13.2 Å². The Kier molecular flexibility index (Phi) is 3.75. The third kappa shape index (κ3) is 3.13. The van der Waals surface area contributed by atoms with Crippen molar-refractivity contribution in [1.29, 1.82) is 0 Å². The van der Waals surface area contributed by atoms with Crippen molar-refractivity contribution < 1.29 is 17.9 Å². The normalized spacial score (nSPS) is 11.5. The molecule has 0 aliphatic heterocycles. The van der Waals surface area contributed by atoms with Crippen LogP contribution in [-0.2, 0) is 5.41 Å². The van der Waals surface area contributed by atoms with E-state index in [0.29, 0.717) is 5.56 Å². The van der Waals surface area contributed by atoms with Gasteiger partial charge in [-0.2, -0.15) is 0 Å². The fourth-order valence-electron chi connectivity index (χ4n) is 1.74. The molecule has 0 spiro atoms. The van der Waals surface area contributed by atoms with Gasteiger partial charge in [0.1, 0.15) is 11.6 Å². The van der Waals surface area contributed by atoms with E-state index in [0.717, 1.165) is 6.07 Å². The topological polar surface area (TPSA) is 9.23 Å². The molecule has 0 bridgehead atoms. The molecule has 0 aliphatic carbocycles. The molecule has 1 nitrogen and oxygen atoms in total. The minimum absolute atomic E-state index is 0.0475. The Morgan fingerprint density at radius 1 is 0.900 bits per heavy atom. The molecule has 0 aromatic heterocycles. The first kappa shape index (κ1) is 14.4. The molecule has 0 atom stereocenters. The first-order valence-corrected chi connectivity index (χ1v) is 6.20. The SMILES string of the molecule is CC(C)(C)c1cc(F)c(Oc2cccc(F)c2)c(F)c1. The summed E-state index contributed by atoms with van der Waals surface area (Å²) in [5, 5.41) is 0. The number of hydrogen-bond donors (Lipinski definition) is 0. The molecule has 20 heavy (non-hydrogen) atoms. The highest BCUT2D eigenvalue weighted by molar-refractivity contribution is 5.38. The van der Waals surface area contributed by atoms with Crippen LogP contribution in [-0.4, -0.2) is 0 Å². The van der Waals surface area contributed by atoms with E-state index >= 15 is 0 Å². The summed E-state index contributed by atoms with van der Waals surface area (Å²) >= 11 is 0. The molecule has 0 aliphatic rings. The Morgan fingerprint density at radius 3 is 2.00 bits per heavy atom. The molecular weight excluding hydrogens is 265 g/mol. The van der Waals surface area contributed by atoms with Gasteiger partial charge in [-0.05, 0) is 35.2 Å². The van der Waals surface area contributed by atoms with Crippen molar-refractivity contribution in [3.8, 4) is 11.5 Å². The van der Waals surface area contributed by atoms with Gasteiger partial charge in [0.2, 0.25) is 0 Å². The molecule has 2 aromatic carbocycles. The Bertz CT molecular complexity index is 607. The lowest BCUT2D eigenvalue weighted by Crippen LogP contribution is -2.12. The number of hydrogen-bond acceptors (Lipinski definition) is 1. The molecular formula is C16H15F3O. The van der Waals surface area contributed by atoms with Gasteiger partial charge in [-0.1, -0.05) is 26.8 Å². The summed E-state index contributed by atoms with van der Waals surface area (Å²) in [6.07, 6.45) is 0. The highest BCUT2D eigenvalue weighted by Gasteiger charge is 2.20. The zero-order valence-corrected chi connectivity index (χ0v) is 11.5. The average Bonchev–Trinajstić information content (AvgIpc) is 2.32. The van der Waals surface area contributed by atoms with Crippen LogP contribution in [0.5, 0.6) is 11.5 Å². The Balaban J connectivity index is 2.38. The molecule has 2 aromatic rings. The Hall–Kier alpha value is -1.97. The van der Waals surface area contributed by atoms with Crippen LogP contribution in [0.2, 0.25) is 0 Å². The summed E-state index contributed by atoms with van der Waals surface area (Å²) in [4.78, 5) is 0. The summed E-state index contributed by atoms with van der Waals surface area (Å²) in [7, 11) is 0. The molecule has 0 saturated carbocycles. The van der Waals surface area contributed by atoms with Crippen LogP contribution in [0.15, 0.2) is 36.4 Å². The van der Waals surface area contributed by atoms with Crippen LogP contribution >= 0.6 is 0 Å². The molecule has 4 heteroatoms. The predicted octanol–water partition coefficient (Wildman–Crippen LogP) is 5.19. The summed E-state index contributed by atoms with van der Waals surface area (Å²) < 4.78 is 46.1. The molecule has 0 N–H and O–H groups in total. The second-order valence-corrected chi connectivity index (χ2v) is 5.58. The van der Waals surface area contributed by atoms with Gasteiger partial charge in [0, 0.05) is 6.07 Å². The van der Waals surface area contributed by atoms with Crippen molar-refractivity contribution in [3.63, 3.8) is 0 Å². The lowest BCUT2D eigenvalue weighted by Gasteiger charge is -2.20. The van der Waals surface area contributed by atoms with Gasteiger partial charge in [-0.15, -0.1) is 0 Å². The third-order valence-corrected chi connectivity index (χ3v) is 2.88. The van der Waals surface area contributed by atoms with Gasteiger partial charge in [-0.3, -0.25) is 0 Å². The van der Waals surface area contributed by atoms with E-state index in [1.807, 2.05) is 20.8 Å². The van der Waals surface area contributed by atoms with Crippen LogP contribution in [0, 0.1) is 17.5 Å². The maximum absolute atomic E-state index is 14.0. The standard InChI is InChI=1S/C16H15F3O/c1-16(2,3)10-7-13(18)15(14(19)8-10)20-12-6-4-5-11(17)9-12/h4-9H,1-3H3. The second-order valence-electron chi connectivity index (χ2n) is 5.58. The fraction of sp³-hybridized carbons (Fsp3) is 0.250. The quantitative estimate of drug-likeness (QED) is 0.735. The van der Waals surface area contributed by atoms with Crippen molar-refractivity contribution in [1.82, 2.24) is 0 Å². The molecule has 0 unspecified atom stereocenters. The summed E-state index contributed by atoms with van der Waals surface area (Å²) in [6, 6.07) is 7.60. The Labute approximate surface area is 116 Å². The second kappa shape index (κ2) is 5.19. The maximum Gasteiger partial charge on any atom is 0.198 e. The lowest BCUT2D eigenvalue weighted by atomic mass is 9.87. The van der Waals surface area contributed by atoms with Gasteiger partial charge >= 0.3 is 0 Å². The minimum atomic E-state index is -0.806. The van der Waals surface area contributed by atoms with Crippen LogP contribution in [0.4, 0.5) is 13.2 Å². The fourth-order valence-corrected chi connectivity index (χ4v) is 1.74. The average molecular weight is 280 g/mol. The zero-order valence-electron chi connectivity index (χ0n) is 11.5. The molecule has 0 amide bonds. The first-order chi connectivity index (χ1) is 9.27. The Morgan fingerprint density at radius 2 is 1.50 bits per heavy atom. The summed E-state index contributed by atoms with van der Waals surface area (Å²) in [6.45, 7) is 5.57. The molecule has 2 rings (SSSR count). The van der Waals surface area contributed by atoms with E-state index in [9.17, 15) is 13.2 Å². The molecule has 0 radical (unpaired) electrons. The van der Waals surface area contributed by atoms with Crippen molar-refractivity contribution in [2.75, 3.05) is 0 Å². The van der Waals surface area contributed by atoms with E-state index in [-0.39, 0.29) is 11.2 Å². The van der Waals surface area contributed by atoms with E-state index in [4.69, 9.17) is 4.74 Å². The molecule has 0 heterocycles. The van der Waals surface area contributed by atoms with E-state index in [2.05, 4.69) is 0 Å². The summed E-state index contributed by atoms with van der Waals surface area (Å²) in [5.41, 5.74) is 0.151. The first-order valence-electron chi connectivity index (χ1n) is 6.20. The number of halogens is 3. The van der Waals surface area contributed by atoms with E-state index in [1.165, 1.54) is 30.3 Å². The van der Waals surface area contributed by atoms with Crippen molar-refractivity contribution in [3.05, 3.63) is 59.4 Å². The van der Waals surface area contributed by atoms with Crippen LogP contribution < -0.4 is 4.74 Å². The monoisotopic (exact) mass is 280 g/mol. The highest BCUT2D eigenvalue weighted by Crippen LogP contribution is 2.32. The minimum Gasteiger partial charge on any atom is -0.451 e. The third-order valence-electron chi connectivity index (χ3n) is 2.88. The van der Waals surface area contributed by atoms with Crippen LogP contribution in [0.1, 0.15) is 26.3 Å². The number of ether oxygens (including phenoxy) is 1. The van der Waals surface area contributed by atoms with Crippen molar-refractivity contribution in [2.24, 2.45) is 0 Å². The van der Waals surface area contributed by atoms with Gasteiger partial charge in [0.15, 0.2) is 17.4 Å². The van der Waals surface area contributed by atoms with Crippen molar-refractivity contribution in [2.45, 2.75) is 26.2 Å². The highest BCUT2D eigenvalue weighted by atomic mass is 19.1. The maximum atomic E-state index is 14.0. The van der Waals surface area contributed by atoms with E-state index < -0.39 is 23.2 Å². The molecule has 0 fully saturated rings. The van der Waals surface area contributed by atoms with Gasteiger partial charge < -0.3 is 4.74 Å². The largest absolute Gasteiger partial charge is 0.451 e. The van der Waals surface area contributed by atoms with Gasteiger partial charge in [0.25, 0.3) is 0 Å². The van der Waals surface area contributed by atoms with Crippen molar-refractivity contribution >= 4 is 0 Å². The van der Waals surface area contributed by atoms with Crippen LogP contribution in [0.3, 0.4) is 0 Å². The lowest BCUT2D eigenvalue weighted by molar-refractivity contribution is 0.401. The molecule has 0 saturated heterocycles. The smallest absolute Gasteiger partial charge is 0.198 e.